The smallest absolute Gasteiger partial charge is 0.243 e. The van der Waals surface area contributed by atoms with Crippen LogP contribution in [0.5, 0.6) is 0 Å². The van der Waals surface area contributed by atoms with E-state index in [1.807, 2.05) is 62.4 Å². The third-order valence-electron chi connectivity index (χ3n) is 4.65. The molecule has 0 aromatic heterocycles. The SMILES string of the molecule is CC(=O)N[C@@H](Cc1ccccc1)C(=O)N[C@@H](Cc1ccc(C)c(C)c1)C(N)=O. The highest BCUT2D eigenvalue weighted by Crippen LogP contribution is 2.12. The van der Waals surface area contributed by atoms with Crippen molar-refractivity contribution in [2.45, 2.75) is 45.7 Å². The number of aryl methyl sites for hydroxylation is 2. The second-order valence-corrected chi connectivity index (χ2v) is 7.03. The minimum absolute atomic E-state index is 0.292. The van der Waals surface area contributed by atoms with Gasteiger partial charge in [0.25, 0.3) is 0 Å². The van der Waals surface area contributed by atoms with Gasteiger partial charge in [-0.1, -0.05) is 48.5 Å². The van der Waals surface area contributed by atoms with Gasteiger partial charge in [0.15, 0.2) is 0 Å². The van der Waals surface area contributed by atoms with Gasteiger partial charge in [0.05, 0.1) is 0 Å². The fourth-order valence-corrected chi connectivity index (χ4v) is 2.97. The van der Waals surface area contributed by atoms with Crippen molar-refractivity contribution < 1.29 is 14.4 Å². The van der Waals surface area contributed by atoms with Gasteiger partial charge in [0.2, 0.25) is 17.7 Å². The Hall–Kier alpha value is -3.15. The van der Waals surface area contributed by atoms with E-state index in [9.17, 15) is 14.4 Å². The van der Waals surface area contributed by atoms with Crippen LogP contribution in [0.4, 0.5) is 0 Å². The Balaban J connectivity index is 2.13. The third kappa shape index (κ3) is 6.23. The summed E-state index contributed by atoms with van der Waals surface area (Å²) in [6.07, 6.45) is 0.613. The molecule has 0 fully saturated rings. The van der Waals surface area contributed by atoms with Crippen molar-refractivity contribution in [3.05, 3.63) is 70.8 Å². The van der Waals surface area contributed by atoms with Crippen molar-refractivity contribution in [2.24, 2.45) is 5.73 Å². The van der Waals surface area contributed by atoms with Crippen LogP contribution in [0.15, 0.2) is 48.5 Å². The standard InChI is InChI=1S/C22H27N3O3/c1-14-9-10-18(11-15(14)2)13-19(21(23)27)25-22(28)20(24-16(3)26)12-17-7-5-4-6-8-17/h4-11,19-20H,12-13H2,1-3H3,(H2,23,27)(H,24,26)(H,25,28)/t19-,20-/m0/s1. The normalized spacial score (nSPS) is 12.7. The predicted octanol–water partition coefficient (Wildman–Crippen LogP) is 1.56. The number of rotatable bonds is 8. The van der Waals surface area contributed by atoms with Gasteiger partial charge >= 0.3 is 0 Å². The lowest BCUT2D eigenvalue weighted by atomic mass is 9.99. The fourth-order valence-electron chi connectivity index (χ4n) is 2.97. The number of nitrogens with two attached hydrogens (primary N) is 1. The first kappa shape index (κ1) is 21.2. The van der Waals surface area contributed by atoms with Crippen LogP contribution in [0.1, 0.15) is 29.2 Å². The highest BCUT2D eigenvalue weighted by atomic mass is 16.2. The van der Waals surface area contributed by atoms with E-state index in [-0.39, 0.29) is 5.91 Å². The van der Waals surface area contributed by atoms with Gasteiger partial charge in [-0.25, -0.2) is 0 Å². The van der Waals surface area contributed by atoms with Gasteiger partial charge in [-0.2, -0.15) is 0 Å². The highest BCUT2D eigenvalue weighted by Gasteiger charge is 2.25. The van der Waals surface area contributed by atoms with Gasteiger partial charge < -0.3 is 16.4 Å². The molecule has 0 spiro atoms. The Kier molecular flexibility index (Phi) is 7.32. The molecule has 3 amide bonds. The first-order valence-electron chi connectivity index (χ1n) is 9.23. The fraction of sp³-hybridized carbons (Fsp3) is 0.318. The maximum Gasteiger partial charge on any atom is 0.243 e. The van der Waals surface area contributed by atoms with Crippen molar-refractivity contribution in [1.82, 2.24) is 10.6 Å². The summed E-state index contributed by atoms with van der Waals surface area (Å²) in [6.45, 7) is 5.35. The third-order valence-corrected chi connectivity index (χ3v) is 4.65. The zero-order valence-corrected chi connectivity index (χ0v) is 16.5. The van der Waals surface area contributed by atoms with Gasteiger partial charge in [-0.15, -0.1) is 0 Å². The molecule has 0 radical (unpaired) electrons. The van der Waals surface area contributed by atoms with E-state index in [0.717, 1.165) is 22.3 Å². The first-order valence-corrected chi connectivity index (χ1v) is 9.23. The molecule has 0 aliphatic rings. The van der Waals surface area contributed by atoms with E-state index in [0.29, 0.717) is 12.8 Å². The zero-order chi connectivity index (χ0) is 20.7. The van der Waals surface area contributed by atoms with E-state index >= 15 is 0 Å². The van der Waals surface area contributed by atoms with Crippen LogP contribution in [0.2, 0.25) is 0 Å². The maximum atomic E-state index is 12.8. The lowest BCUT2D eigenvalue weighted by Gasteiger charge is -2.22. The average Bonchev–Trinajstić information content (AvgIpc) is 2.64. The summed E-state index contributed by atoms with van der Waals surface area (Å²) in [7, 11) is 0. The van der Waals surface area contributed by atoms with Crippen LogP contribution in [-0.2, 0) is 27.2 Å². The molecule has 148 valence electrons. The molecular formula is C22H27N3O3. The quantitative estimate of drug-likeness (QED) is 0.647. The average molecular weight is 381 g/mol. The van der Waals surface area contributed by atoms with Gasteiger partial charge in [0.1, 0.15) is 12.1 Å². The molecular weight excluding hydrogens is 354 g/mol. The van der Waals surface area contributed by atoms with Crippen molar-refractivity contribution in [3.63, 3.8) is 0 Å². The summed E-state index contributed by atoms with van der Waals surface area (Å²) in [4.78, 5) is 36.2. The van der Waals surface area contributed by atoms with Crippen LogP contribution < -0.4 is 16.4 Å². The summed E-state index contributed by atoms with van der Waals surface area (Å²) < 4.78 is 0. The zero-order valence-electron chi connectivity index (χ0n) is 16.5. The van der Waals surface area contributed by atoms with Crippen molar-refractivity contribution in [2.75, 3.05) is 0 Å². The Bertz CT molecular complexity index is 849. The first-order chi connectivity index (χ1) is 13.3. The molecule has 0 saturated carbocycles. The number of hydrogen-bond acceptors (Lipinski definition) is 3. The highest BCUT2D eigenvalue weighted by molar-refractivity contribution is 5.91. The van der Waals surface area contributed by atoms with Crippen molar-refractivity contribution in [3.8, 4) is 0 Å². The van der Waals surface area contributed by atoms with Gasteiger partial charge in [0, 0.05) is 19.8 Å². The number of benzene rings is 2. The second-order valence-electron chi connectivity index (χ2n) is 7.03. The van der Waals surface area contributed by atoms with E-state index in [2.05, 4.69) is 10.6 Å². The van der Waals surface area contributed by atoms with Gasteiger partial charge in [-0.3, -0.25) is 14.4 Å². The molecule has 6 heteroatoms. The largest absolute Gasteiger partial charge is 0.368 e. The van der Waals surface area contributed by atoms with Crippen LogP contribution in [0.25, 0.3) is 0 Å². The monoisotopic (exact) mass is 381 g/mol. The molecule has 0 aliphatic carbocycles. The molecule has 2 atom stereocenters. The number of carbonyl (C=O) groups is 3. The van der Waals surface area contributed by atoms with Crippen LogP contribution >= 0.6 is 0 Å². The summed E-state index contributed by atoms with van der Waals surface area (Å²) >= 11 is 0. The topological polar surface area (TPSA) is 101 Å². The van der Waals surface area contributed by atoms with Crippen LogP contribution in [0, 0.1) is 13.8 Å². The number of carbonyl (C=O) groups excluding carboxylic acids is 3. The molecule has 0 heterocycles. The Morgan fingerprint density at radius 2 is 1.50 bits per heavy atom. The summed E-state index contributed by atoms with van der Waals surface area (Å²) in [5.41, 5.74) is 9.58. The molecule has 0 unspecified atom stereocenters. The molecule has 6 nitrogen and oxygen atoms in total. The molecule has 28 heavy (non-hydrogen) atoms. The minimum atomic E-state index is -0.860. The van der Waals surface area contributed by atoms with E-state index in [4.69, 9.17) is 5.73 Å². The molecule has 4 N–H and O–H groups in total. The molecule has 2 aromatic rings. The maximum absolute atomic E-state index is 12.8. The van der Waals surface area contributed by atoms with E-state index < -0.39 is 23.9 Å². The van der Waals surface area contributed by atoms with Crippen LogP contribution in [-0.4, -0.2) is 29.8 Å². The second kappa shape index (κ2) is 9.69. The summed E-state index contributed by atoms with van der Waals surface area (Å²) in [5.74, 6) is -1.37. The summed E-state index contributed by atoms with van der Waals surface area (Å²) in [6, 6.07) is 13.6. The molecule has 2 aromatic carbocycles. The Labute approximate surface area is 165 Å². The molecule has 0 bridgehead atoms. The Morgan fingerprint density at radius 3 is 2.07 bits per heavy atom. The number of amides is 3. The van der Waals surface area contributed by atoms with Crippen LogP contribution in [0.3, 0.4) is 0 Å². The number of nitrogens with one attached hydrogen (secondary N) is 2. The minimum Gasteiger partial charge on any atom is -0.368 e. The van der Waals surface area contributed by atoms with Crippen molar-refractivity contribution in [1.29, 1.82) is 0 Å². The lowest BCUT2D eigenvalue weighted by Crippen LogP contribution is -2.54. The summed E-state index contributed by atoms with van der Waals surface area (Å²) in [5, 5.41) is 5.35. The van der Waals surface area contributed by atoms with E-state index in [1.54, 1.807) is 0 Å². The predicted molar refractivity (Wildman–Crippen MR) is 108 cm³/mol. The number of primary amides is 1. The van der Waals surface area contributed by atoms with Gasteiger partial charge in [-0.05, 0) is 36.1 Å². The lowest BCUT2D eigenvalue weighted by molar-refractivity contribution is -0.130. The molecule has 0 saturated heterocycles. The number of hydrogen-bond donors (Lipinski definition) is 3. The Morgan fingerprint density at radius 1 is 0.857 bits per heavy atom. The van der Waals surface area contributed by atoms with E-state index in [1.165, 1.54) is 6.92 Å². The van der Waals surface area contributed by atoms with Crippen molar-refractivity contribution >= 4 is 17.7 Å². The molecule has 0 aliphatic heterocycles. The molecule has 2 rings (SSSR count).